The zero-order valence-corrected chi connectivity index (χ0v) is 6.13. The highest BCUT2D eigenvalue weighted by atomic mass is 32.2. The van der Waals surface area contributed by atoms with Crippen molar-refractivity contribution in [3.8, 4) is 0 Å². The lowest BCUT2D eigenvalue weighted by Crippen LogP contribution is -2.04. The second kappa shape index (κ2) is 1.44. The predicted molar refractivity (Wildman–Crippen MR) is 38.3 cm³/mol. The van der Waals surface area contributed by atoms with Gasteiger partial charge in [0.05, 0.1) is 0 Å². The largest absolute Gasteiger partial charge is 0.149 e. The molecule has 0 radical (unpaired) electrons. The first-order valence-corrected chi connectivity index (χ1v) is 4.39. The topological polar surface area (TPSA) is 0 Å². The Hall–Kier alpha value is 0.350. The summed E-state index contributed by atoms with van der Waals surface area (Å²) in [5, 5.41) is 1.00. The Bertz CT molecular complexity index is 103. The molecular formula is C7H12S. The molecule has 0 aromatic rings. The Balaban J connectivity index is 2.06. The number of rotatable bonds is 0. The quantitative estimate of drug-likeness (QED) is 0.451. The first-order chi connectivity index (χ1) is 3.83. The lowest BCUT2D eigenvalue weighted by atomic mass is 10.1. The number of hydrogen-bond donors (Lipinski definition) is 0. The molecule has 1 atom stereocenters. The molecule has 0 bridgehead atoms. The van der Waals surface area contributed by atoms with Crippen LogP contribution in [0.1, 0.15) is 32.6 Å². The van der Waals surface area contributed by atoms with E-state index in [1.165, 1.54) is 25.7 Å². The molecule has 1 unspecified atom stereocenters. The third kappa shape index (κ3) is 0.540. The van der Waals surface area contributed by atoms with Gasteiger partial charge in [0, 0.05) is 10.00 Å². The molecule has 1 aliphatic carbocycles. The molecule has 2 fully saturated rings. The maximum Gasteiger partial charge on any atom is 0.0279 e. The summed E-state index contributed by atoms with van der Waals surface area (Å²) in [4.78, 5) is 0. The predicted octanol–water partition coefficient (Wildman–Crippen LogP) is 2.43. The van der Waals surface area contributed by atoms with Gasteiger partial charge in [-0.05, 0) is 12.8 Å². The zero-order valence-electron chi connectivity index (χ0n) is 5.31. The molecular weight excluding hydrogens is 116 g/mol. The molecule has 2 aliphatic rings. The van der Waals surface area contributed by atoms with Gasteiger partial charge in [0.1, 0.15) is 0 Å². The van der Waals surface area contributed by atoms with E-state index in [2.05, 4.69) is 18.7 Å². The van der Waals surface area contributed by atoms with Crippen LogP contribution in [0.5, 0.6) is 0 Å². The summed E-state index contributed by atoms with van der Waals surface area (Å²) in [6.45, 7) is 2.37. The van der Waals surface area contributed by atoms with Crippen molar-refractivity contribution < 1.29 is 0 Å². The molecule has 0 N–H and O–H groups in total. The third-order valence-corrected chi connectivity index (χ3v) is 4.33. The monoisotopic (exact) mass is 128 g/mol. The molecule has 46 valence electrons. The molecule has 0 nitrogen and oxygen atoms in total. The van der Waals surface area contributed by atoms with Crippen LogP contribution < -0.4 is 0 Å². The second-order valence-electron chi connectivity index (χ2n) is 3.03. The van der Waals surface area contributed by atoms with E-state index in [-0.39, 0.29) is 0 Å². The van der Waals surface area contributed by atoms with E-state index >= 15 is 0 Å². The summed E-state index contributed by atoms with van der Waals surface area (Å²) in [5.74, 6) is 0. The summed E-state index contributed by atoms with van der Waals surface area (Å²) in [6, 6.07) is 0. The Kier molecular flexibility index (Phi) is 0.928. The van der Waals surface area contributed by atoms with E-state index in [9.17, 15) is 0 Å². The minimum absolute atomic E-state index is 0.819. The van der Waals surface area contributed by atoms with Crippen molar-refractivity contribution >= 4 is 11.8 Å². The van der Waals surface area contributed by atoms with Gasteiger partial charge >= 0.3 is 0 Å². The average Bonchev–Trinajstić information content (AvgIpc) is 2.29. The molecule has 0 aromatic carbocycles. The molecule has 1 heteroatoms. The van der Waals surface area contributed by atoms with Crippen molar-refractivity contribution in [2.45, 2.75) is 42.6 Å². The Morgan fingerprint density at radius 1 is 1.38 bits per heavy atom. The van der Waals surface area contributed by atoms with Gasteiger partial charge in [-0.2, -0.15) is 0 Å². The van der Waals surface area contributed by atoms with Crippen LogP contribution in [-0.2, 0) is 0 Å². The molecule has 1 saturated heterocycles. The zero-order chi connectivity index (χ0) is 5.61. The minimum Gasteiger partial charge on any atom is -0.149 e. The summed E-state index contributed by atoms with van der Waals surface area (Å²) in [5.41, 5.74) is 0. The van der Waals surface area contributed by atoms with E-state index in [1.807, 2.05) is 0 Å². The van der Waals surface area contributed by atoms with E-state index in [0.717, 1.165) is 10.00 Å². The van der Waals surface area contributed by atoms with Gasteiger partial charge < -0.3 is 0 Å². The molecule has 8 heavy (non-hydrogen) atoms. The van der Waals surface area contributed by atoms with Crippen molar-refractivity contribution in [3.05, 3.63) is 0 Å². The van der Waals surface area contributed by atoms with Gasteiger partial charge in [-0.15, -0.1) is 11.8 Å². The maximum atomic E-state index is 2.37. The van der Waals surface area contributed by atoms with Crippen molar-refractivity contribution in [2.24, 2.45) is 0 Å². The molecule has 0 aromatic heterocycles. The lowest BCUT2D eigenvalue weighted by Gasteiger charge is -1.98. The highest BCUT2D eigenvalue weighted by Gasteiger charge is 2.53. The van der Waals surface area contributed by atoms with E-state index in [4.69, 9.17) is 0 Å². The van der Waals surface area contributed by atoms with Crippen molar-refractivity contribution in [3.63, 3.8) is 0 Å². The van der Waals surface area contributed by atoms with Crippen LogP contribution in [0.3, 0.4) is 0 Å². The highest BCUT2D eigenvalue weighted by molar-refractivity contribution is 8.08. The fourth-order valence-electron chi connectivity index (χ4n) is 1.82. The summed E-state index contributed by atoms with van der Waals surface area (Å²) >= 11 is 2.20. The van der Waals surface area contributed by atoms with Crippen LogP contribution >= 0.6 is 11.8 Å². The third-order valence-electron chi connectivity index (χ3n) is 2.55. The van der Waals surface area contributed by atoms with Crippen LogP contribution in [-0.4, -0.2) is 10.00 Å². The molecule has 1 aliphatic heterocycles. The Morgan fingerprint density at radius 3 is 2.12 bits per heavy atom. The van der Waals surface area contributed by atoms with Gasteiger partial charge in [-0.25, -0.2) is 0 Å². The molecule has 0 amide bonds. The number of thioether (sulfide) groups is 1. The maximum absolute atomic E-state index is 2.37. The summed E-state index contributed by atoms with van der Waals surface area (Å²) in [6.07, 6.45) is 6.02. The molecule has 2 rings (SSSR count). The van der Waals surface area contributed by atoms with Gasteiger partial charge in [0.2, 0.25) is 0 Å². The van der Waals surface area contributed by atoms with Crippen LogP contribution in [0.15, 0.2) is 0 Å². The fourth-order valence-corrected chi connectivity index (χ4v) is 3.21. The SMILES string of the molecule is CC1SC12CCCC2. The minimum atomic E-state index is 0.819. The van der Waals surface area contributed by atoms with Gasteiger partial charge in [0.25, 0.3) is 0 Å². The van der Waals surface area contributed by atoms with Crippen molar-refractivity contribution in [1.82, 2.24) is 0 Å². The van der Waals surface area contributed by atoms with Crippen LogP contribution in [0.4, 0.5) is 0 Å². The Labute approximate surface area is 55.0 Å². The molecule has 1 heterocycles. The second-order valence-corrected chi connectivity index (χ2v) is 4.79. The standard InChI is InChI=1S/C7H12S/c1-6-7(8-6)4-2-3-5-7/h6H,2-5H2,1H3. The van der Waals surface area contributed by atoms with Crippen LogP contribution in [0.25, 0.3) is 0 Å². The lowest BCUT2D eigenvalue weighted by molar-refractivity contribution is 0.683. The fraction of sp³-hybridized carbons (Fsp3) is 1.00. The van der Waals surface area contributed by atoms with Crippen molar-refractivity contribution in [1.29, 1.82) is 0 Å². The van der Waals surface area contributed by atoms with Gasteiger partial charge in [-0.1, -0.05) is 19.8 Å². The highest BCUT2D eigenvalue weighted by Crippen LogP contribution is 2.62. The average molecular weight is 128 g/mol. The number of hydrogen-bond acceptors (Lipinski definition) is 1. The first-order valence-electron chi connectivity index (χ1n) is 3.51. The van der Waals surface area contributed by atoms with E-state index < -0.39 is 0 Å². The van der Waals surface area contributed by atoms with Gasteiger partial charge in [0.15, 0.2) is 0 Å². The van der Waals surface area contributed by atoms with Crippen molar-refractivity contribution in [2.75, 3.05) is 0 Å². The normalized spacial score (nSPS) is 40.9. The van der Waals surface area contributed by atoms with E-state index in [0.29, 0.717) is 0 Å². The molecule has 1 spiro atoms. The van der Waals surface area contributed by atoms with Crippen LogP contribution in [0, 0.1) is 0 Å². The Morgan fingerprint density at radius 2 is 1.88 bits per heavy atom. The van der Waals surface area contributed by atoms with Crippen LogP contribution in [0.2, 0.25) is 0 Å². The van der Waals surface area contributed by atoms with E-state index in [1.54, 1.807) is 0 Å². The summed E-state index contributed by atoms with van der Waals surface area (Å²) < 4.78 is 0.819. The smallest absolute Gasteiger partial charge is 0.0279 e. The molecule has 1 saturated carbocycles. The van der Waals surface area contributed by atoms with Gasteiger partial charge in [-0.3, -0.25) is 0 Å². The first kappa shape index (κ1) is 5.16. The summed E-state index contributed by atoms with van der Waals surface area (Å²) in [7, 11) is 0.